The van der Waals surface area contributed by atoms with Crippen LogP contribution in [0.1, 0.15) is 18.1 Å². The summed E-state index contributed by atoms with van der Waals surface area (Å²) in [5, 5.41) is 12.1. The van der Waals surface area contributed by atoms with Gasteiger partial charge in [0.2, 0.25) is 0 Å². The van der Waals surface area contributed by atoms with Gasteiger partial charge in [-0.3, -0.25) is 0 Å². The number of ether oxygens (including phenoxy) is 1. The maximum absolute atomic E-state index is 10.6. The zero-order chi connectivity index (χ0) is 15.1. The summed E-state index contributed by atoms with van der Waals surface area (Å²) in [4.78, 5) is 10.6. The first kappa shape index (κ1) is 14.9. The molecule has 0 atom stereocenters. The summed E-state index contributed by atoms with van der Waals surface area (Å²) >= 11 is 0. The number of hydrogen-bond donors (Lipinski definition) is 2. The van der Waals surface area contributed by atoms with Gasteiger partial charge in [-0.05, 0) is 24.1 Å². The molecule has 0 saturated heterocycles. The minimum absolute atomic E-state index is 0.324. The predicted molar refractivity (Wildman–Crippen MR) is 82.7 cm³/mol. The first-order valence-corrected chi connectivity index (χ1v) is 6.95. The van der Waals surface area contributed by atoms with Gasteiger partial charge in [-0.1, -0.05) is 43.3 Å². The monoisotopic (exact) mass is 285 g/mol. The lowest BCUT2D eigenvalue weighted by Crippen LogP contribution is -2.11. The van der Waals surface area contributed by atoms with E-state index in [1.807, 2.05) is 37.3 Å². The third-order valence-corrected chi connectivity index (χ3v) is 3.16. The lowest BCUT2D eigenvalue weighted by atomic mass is 10.1. The molecule has 2 aromatic carbocycles. The van der Waals surface area contributed by atoms with Crippen LogP contribution >= 0.6 is 0 Å². The van der Waals surface area contributed by atoms with E-state index in [0.29, 0.717) is 5.75 Å². The molecule has 2 N–H and O–H groups in total. The van der Waals surface area contributed by atoms with Crippen LogP contribution < -0.4 is 10.1 Å². The Kier molecular flexibility index (Phi) is 5.21. The quantitative estimate of drug-likeness (QED) is 0.819. The van der Waals surface area contributed by atoms with Gasteiger partial charge in [-0.2, -0.15) is 0 Å². The highest BCUT2D eigenvalue weighted by atomic mass is 16.5. The Morgan fingerprint density at radius 1 is 1.14 bits per heavy atom. The van der Waals surface area contributed by atoms with Crippen LogP contribution in [0.5, 0.6) is 5.75 Å². The number of aliphatic carboxylic acids is 1. The highest BCUT2D eigenvalue weighted by Crippen LogP contribution is 2.27. The Balaban J connectivity index is 2.11. The zero-order valence-corrected chi connectivity index (χ0v) is 12.0. The minimum atomic E-state index is -0.972. The average Bonchev–Trinajstić information content (AvgIpc) is 2.51. The highest BCUT2D eigenvalue weighted by Gasteiger charge is 2.09. The van der Waals surface area contributed by atoms with Crippen molar-refractivity contribution in [2.45, 2.75) is 19.9 Å². The third-order valence-electron chi connectivity index (χ3n) is 3.16. The second-order valence-electron chi connectivity index (χ2n) is 4.66. The molecule has 0 saturated carbocycles. The maximum atomic E-state index is 10.6. The van der Waals surface area contributed by atoms with E-state index in [9.17, 15) is 4.79 Å². The molecule has 0 aliphatic heterocycles. The van der Waals surface area contributed by atoms with Crippen molar-refractivity contribution >= 4 is 11.7 Å². The Hall–Kier alpha value is -2.49. The fraction of sp³-hybridized carbons (Fsp3) is 0.235. The van der Waals surface area contributed by atoms with Gasteiger partial charge in [0.25, 0.3) is 0 Å². The van der Waals surface area contributed by atoms with Crippen LogP contribution in [0.25, 0.3) is 0 Å². The first-order chi connectivity index (χ1) is 10.2. The van der Waals surface area contributed by atoms with Crippen LogP contribution in [0.15, 0.2) is 48.5 Å². The van der Waals surface area contributed by atoms with E-state index in [1.165, 1.54) is 5.56 Å². The number of carbonyl (C=O) groups is 1. The Morgan fingerprint density at radius 3 is 2.57 bits per heavy atom. The smallest absolute Gasteiger partial charge is 0.341 e. The van der Waals surface area contributed by atoms with Gasteiger partial charge < -0.3 is 15.2 Å². The number of rotatable bonds is 7. The molecule has 0 fully saturated rings. The zero-order valence-electron chi connectivity index (χ0n) is 12.0. The van der Waals surface area contributed by atoms with E-state index in [-0.39, 0.29) is 6.61 Å². The van der Waals surface area contributed by atoms with Gasteiger partial charge in [0.15, 0.2) is 6.61 Å². The maximum Gasteiger partial charge on any atom is 0.341 e. The largest absolute Gasteiger partial charge is 0.482 e. The van der Waals surface area contributed by atoms with E-state index in [4.69, 9.17) is 9.84 Å². The summed E-state index contributed by atoms with van der Waals surface area (Å²) in [7, 11) is 0. The molecular weight excluding hydrogens is 266 g/mol. The molecular formula is C17H19NO3. The van der Waals surface area contributed by atoms with E-state index in [2.05, 4.69) is 17.4 Å². The van der Waals surface area contributed by atoms with Gasteiger partial charge >= 0.3 is 5.97 Å². The number of nitrogens with one attached hydrogen (secondary N) is 1. The summed E-state index contributed by atoms with van der Waals surface area (Å²) in [5.41, 5.74) is 3.16. The topological polar surface area (TPSA) is 58.6 Å². The van der Waals surface area contributed by atoms with E-state index >= 15 is 0 Å². The van der Waals surface area contributed by atoms with Crippen molar-refractivity contribution in [2.75, 3.05) is 11.9 Å². The molecule has 0 amide bonds. The number of carboxylic acid groups (broad SMARTS) is 1. The molecule has 2 rings (SSSR count). The number of benzene rings is 2. The third kappa shape index (κ3) is 4.24. The number of hydrogen-bond acceptors (Lipinski definition) is 3. The molecule has 0 unspecified atom stereocenters. The molecule has 110 valence electrons. The molecule has 4 heteroatoms. The SMILES string of the molecule is CCc1c(NCc2ccccc2)cccc1OCC(=O)O. The molecule has 0 aromatic heterocycles. The lowest BCUT2D eigenvalue weighted by molar-refractivity contribution is -0.139. The molecule has 0 radical (unpaired) electrons. The van der Waals surface area contributed by atoms with Gasteiger partial charge in [0.1, 0.15) is 5.75 Å². The second-order valence-corrected chi connectivity index (χ2v) is 4.66. The van der Waals surface area contributed by atoms with Crippen molar-refractivity contribution < 1.29 is 14.6 Å². The molecule has 0 heterocycles. The first-order valence-electron chi connectivity index (χ1n) is 6.95. The molecule has 0 aliphatic carbocycles. The summed E-state index contributed by atoms with van der Waals surface area (Å²) in [5.74, 6) is -0.349. The molecule has 4 nitrogen and oxygen atoms in total. The van der Waals surface area contributed by atoms with E-state index in [0.717, 1.165) is 24.2 Å². The summed E-state index contributed by atoms with van der Waals surface area (Å²) < 4.78 is 5.34. The lowest BCUT2D eigenvalue weighted by Gasteiger charge is -2.15. The normalized spacial score (nSPS) is 10.1. The highest BCUT2D eigenvalue weighted by molar-refractivity contribution is 5.69. The fourth-order valence-corrected chi connectivity index (χ4v) is 2.16. The van der Waals surface area contributed by atoms with Crippen molar-refractivity contribution in [2.24, 2.45) is 0 Å². The Labute approximate surface area is 124 Å². The van der Waals surface area contributed by atoms with Crippen LogP contribution in [0.4, 0.5) is 5.69 Å². The van der Waals surface area contributed by atoms with Crippen molar-refractivity contribution in [1.29, 1.82) is 0 Å². The fourth-order valence-electron chi connectivity index (χ4n) is 2.16. The van der Waals surface area contributed by atoms with Gasteiger partial charge in [-0.15, -0.1) is 0 Å². The Morgan fingerprint density at radius 2 is 1.90 bits per heavy atom. The van der Waals surface area contributed by atoms with E-state index in [1.54, 1.807) is 6.07 Å². The van der Waals surface area contributed by atoms with Crippen LogP contribution in [0, 0.1) is 0 Å². The minimum Gasteiger partial charge on any atom is -0.482 e. The molecule has 2 aromatic rings. The molecule has 21 heavy (non-hydrogen) atoms. The summed E-state index contributed by atoms with van der Waals surface area (Å²) in [6, 6.07) is 15.8. The predicted octanol–water partition coefficient (Wildman–Crippen LogP) is 3.32. The van der Waals surface area contributed by atoms with Crippen LogP contribution in [-0.2, 0) is 17.8 Å². The van der Waals surface area contributed by atoms with Crippen molar-refractivity contribution in [3.05, 3.63) is 59.7 Å². The second kappa shape index (κ2) is 7.33. The van der Waals surface area contributed by atoms with Crippen molar-refractivity contribution in [3.8, 4) is 5.75 Å². The van der Waals surface area contributed by atoms with Gasteiger partial charge in [-0.25, -0.2) is 4.79 Å². The van der Waals surface area contributed by atoms with Crippen molar-refractivity contribution in [3.63, 3.8) is 0 Å². The molecule has 0 spiro atoms. The van der Waals surface area contributed by atoms with Gasteiger partial charge in [0, 0.05) is 17.8 Å². The molecule has 0 aliphatic rings. The van der Waals surface area contributed by atoms with Crippen LogP contribution in [0.2, 0.25) is 0 Å². The van der Waals surface area contributed by atoms with Crippen molar-refractivity contribution in [1.82, 2.24) is 0 Å². The summed E-state index contributed by atoms with van der Waals surface area (Å²) in [6.07, 6.45) is 0.771. The number of carboxylic acids is 1. The average molecular weight is 285 g/mol. The van der Waals surface area contributed by atoms with Gasteiger partial charge in [0.05, 0.1) is 0 Å². The van der Waals surface area contributed by atoms with Crippen LogP contribution in [0.3, 0.4) is 0 Å². The van der Waals surface area contributed by atoms with Crippen LogP contribution in [-0.4, -0.2) is 17.7 Å². The molecule has 0 bridgehead atoms. The standard InChI is InChI=1S/C17H19NO3/c1-2-14-15(18-11-13-7-4-3-5-8-13)9-6-10-16(14)21-12-17(19)20/h3-10,18H,2,11-12H2,1H3,(H,19,20). The number of anilines is 1. The van der Waals surface area contributed by atoms with E-state index < -0.39 is 5.97 Å². The Bertz CT molecular complexity index is 596. The summed E-state index contributed by atoms with van der Waals surface area (Å²) in [6.45, 7) is 2.42.